The van der Waals surface area contributed by atoms with Gasteiger partial charge in [0.2, 0.25) is 0 Å². The number of esters is 2. The van der Waals surface area contributed by atoms with Crippen molar-refractivity contribution < 1.29 is 24.0 Å². The highest BCUT2D eigenvalue weighted by Gasteiger charge is 2.31. The Kier molecular flexibility index (Phi) is 5.21. The molecule has 0 amide bonds. The molecular weight excluding hydrogens is 364 g/mol. The van der Waals surface area contributed by atoms with Crippen molar-refractivity contribution in [2.75, 3.05) is 14.2 Å². The molecular formula is C20H16N2O6. The van der Waals surface area contributed by atoms with Gasteiger partial charge in [0, 0.05) is 23.5 Å². The normalized spacial score (nSPS) is 10.4. The third kappa shape index (κ3) is 3.23. The number of benzene rings is 2. The zero-order valence-corrected chi connectivity index (χ0v) is 15.1. The van der Waals surface area contributed by atoms with Crippen molar-refractivity contribution in [2.45, 2.75) is 0 Å². The van der Waals surface area contributed by atoms with Crippen LogP contribution in [0.4, 0.5) is 5.69 Å². The fourth-order valence-electron chi connectivity index (χ4n) is 2.97. The van der Waals surface area contributed by atoms with Crippen LogP contribution < -0.4 is 0 Å². The molecule has 1 aromatic heterocycles. The summed E-state index contributed by atoms with van der Waals surface area (Å²) >= 11 is 0. The number of nitrogens with zero attached hydrogens (tertiary/aromatic N) is 2. The first-order chi connectivity index (χ1) is 13.5. The predicted octanol–water partition coefficient (Wildman–Crippen LogP) is 3.63. The van der Waals surface area contributed by atoms with Gasteiger partial charge in [-0.3, -0.25) is 10.1 Å². The van der Waals surface area contributed by atoms with Crippen molar-refractivity contribution in [3.8, 4) is 16.8 Å². The predicted molar refractivity (Wildman–Crippen MR) is 101 cm³/mol. The van der Waals surface area contributed by atoms with Gasteiger partial charge >= 0.3 is 11.9 Å². The number of ether oxygens (including phenoxy) is 2. The van der Waals surface area contributed by atoms with Crippen molar-refractivity contribution in [1.29, 1.82) is 0 Å². The lowest BCUT2D eigenvalue weighted by Crippen LogP contribution is -2.15. The monoisotopic (exact) mass is 380 g/mol. The van der Waals surface area contributed by atoms with Gasteiger partial charge in [0.25, 0.3) is 5.69 Å². The van der Waals surface area contributed by atoms with Crippen LogP contribution in [0, 0.1) is 10.1 Å². The Morgan fingerprint density at radius 2 is 1.50 bits per heavy atom. The molecule has 8 heteroatoms. The van der Waals surface area contributed by atoms with Gasteiger partial charge in [-0.05, 0) is 18.2 Å². The number of hydrogen-bond donors (Lipinski definition) is 0. The Hall–Kier alpha value is -3.94. The van der Waals surface area contributed by atoms with Crippen molar-refractivity contribution in [3.05, 3.63) is 82.2 Å². The van der Waals surface area contributed by atoms with E-state index in [0.717, 1.165) is 0 Å². The highest BCUT2D eigenvalue weighted by atomic mass is 16.6. The fraction of sp³-hybridized carbons (Fsp3) is 0.100. The second-order valence-electron chi connectivity index (χ2n) is 5.73. The van der Waals surface area contributed by atoms with Crippen molar-refractivity contribution in [3.63, 3.8) is 0 Å². The molecule has 0 fully saturated rings. The van der Waals surface area contributed by atoms with Crippen LogP contribution in [-0.2, 0) is 9.47 Å². The van der Waals surface area contributed by atoms with Gasteiger partial charge in [-0.15, -0.1) is 0 Å². The number of carbonyl (C=O) groups is 2. The first kappa shape index (κ1) is 18.8. The van der Waals surface area contributed by atoms with Crippen LogP contribution in [0.1, 0.15) is 20.8 Å². The van der Waals surface area contributed by atoms with E-state index in [-0.39, 0.29) is 28.1 Å². The molecule has 0 aliphatic rings. The number of nitro groups is 1. The average Bonchev–Trinajstić information content (AvgIpc) is 3.13. The van der Waals surface area contributed by atoms with Crippen LogP contribution in [0.15, 0.2) is 60.8 Å². The third-order valence-corrected chi connectivity index (χ3v) is 4.20. The first-order valence-electron chi connectivity index (χ1n) is 8.20. The largest absolute Gasteiger partial charge is 0.465 e. The zero-order chi connectivity index (χ0) is 20.3. The number of hydrogen-bond acceptors (Lipinski definition) is 6. The SMILES string of the molecule is COC(=O)c1c(-c2ccccc2[N+](=O)[O-])cn(-c2ccccc2)c1C(=O)OC. The third-order valence-electron chi connectivity index (χ3n) is 4.20. The van der Waals surface area contributed by atoms with Gasteiger partial charge in [-0.2, -0.15) is 0 Å². The number of methoxy groups -OCH3 is 2. The van der Waals surface area contributed by atoms with E-state index in [2.05, 4.69) is 0 Å². The van der Waals surface area contributed by atoms with E-state index in [4.69, 9.17) is 9.47 Å². The van der Waals surface area contributed by atoms with E-state index in [1.54, 1.807) is 36.4 Å². The minimum atomic E-state index is -0.803. The Bertz CT molecular complexity index is 1060. The lowest BCUT2D eigenvalue weighted by atomic mass is 10.0. The molecule has 0 saturated heterocycles. The molecule has 0 N–H and O–H groups in total. The Morgan fingerprint density at radius 3 is 2.11 bits per heavy atom. The van der Waals surface area contributed by atoms with Gasteiger partial charge in [-0.25, -0.2) is 9.59 Å². The van der Waals surface area contributed by atoms with Crippen molar-refractivity contribution >= 4 is 17.6 Å². The summed E-state index contributed by atoms with van der Waals surface area (Å²) < 4.78 is 11.2. The lowest BCUT2D eigenvalue weighted by Gasteiger charge is -2.09. The standard InChI is InChI=1S/C20H16N2O6/c1-27-19(23)17-15(14-10-6-7-11-16(14)22(25)26)12-21(18(17)20(24)28-2)13-8-4-3-5-9-13/h3-12H,1-2H3. The summed E-state index contributed by atoms with van der Waals surface area (Å²) in [6.45, 7) is 0. The summed E-state index contributed by atoms with van der Waals surface area (Å²) in [6, 6.07) is 14.8. The summed E-state index contributed by atoms with van der Waals surface area (Å²) in [7, 11) is 2.36. The minimum Gasteiger partial charge on any atom is -0.465 e. The number of aromatic nitrogens is 1. The summed E-state index contributed by atoms with van der Waals surface area (Å²) in [6.07, 6.45) is 1.50. The summed E-state index contributed by atoms with van der Waals surface area (Å²) in [5.74, 6) is -1.57. The van der Waals surface area contributed by atoms with Gasteiger partial charge in [0.1, 0.15) is 11.3 Å². The molecule has 2 aromatic carbocycles. The van der Waals surface area contributed by atoms with Crippen LogP contribution >= 0.6 is 0 Å². The van der Waals surface area contributed by atoms with Crippen LogP contribution in [0.25, 0.3) is 16.8 Å². The molecule has 0 saturated carbocycles. The topological polar surface area (TPSA) is 101 Å². The quantitative estimate of drug-likeness (QED) is 0.381. The number of carbonyl (C=O) groups excluding carboxylic acids is 2. The molecule has 142 valence electrons. The van der Waals surface area contributed by atoms with Crippen molar-refractivity contribution in [2.24, 2.45) is 0 Å². The number of nitro benzene ring substituents is 1. The van der Waals surface area contributed by atoms with E-state index in [1.807, 2.05) is 0 Å². The first-order valence-corrected chi connectivity index (χ1v) is 8.20. The average molecular weight is 380 g/mol. The van der Waals surface area contributed by atoms with E-state index in [1.165, 1.54) is 43.2 Å². The van der Waals surface area contributed by atoms with E-state index >= 15 is 0 Å². The molecule has 0 bridgehead atoms. The molecule has 0 aliphatic carbocycles. The summed E-state index contributed by atoms with van der Waals surface area (Å²) in [4.78, 5) is 36.0. The fourth-order valence-corrected chi connectivity index (χ4v) is 2.97. The maximum atomic E-state index is 12.6. The van der Waals surface area contributed by atoms with Gasteiger partial charge in [-0.1, -0.05) is 30.3 Å². The Balaban J connectivity index is 2.41. The van der Waals surface area contributed by atoms with Gasteiger partial charge in [0.15, 0.2) is 0 Å². The zero-order valence-electron chi connectivity index (χ0n) is 15.1. The van der Waals surface area contributed by atoms with E-state index in [0.29, 0.717) is 5.69 Å². The maximum Gasteiger partial charge on any atom is 0.355 e. The second kappa shape index (κ2) is 7.75. The van der Waals surface area contributed by atoms with Gasteiger partial charge < -0.3 is 14.0 Å². The Labute approximate surface area is 160 Å². The molecule has 28 heavy (non-hydrogen) atoms. The van der Waals surface area contributed by atoms with E-state index in [9.17, 15) is 19.7 Å². The minimum absolute atomic E-state index is 0.0753. The van der Waals surface area contributed by atoms with Crippen LogP contribution in [0.5, 0.6) is 0 Å². The highest BCUT2D eigenvalue weighted by molar-refractivity contribution is 6.08. The molecule has 8 nitrogen and oxygen atoms in total. The molecule has 0 radical (unpaired) electrons. The van der Waals surface area contributed by atoms with Gasteiger partial charge in [0.05, 0.1) is 24.7 Å². The number of para-hydroxylation sites is 2. The molecule has 3 aromatic rings. The van der Waals surface area contributed by atoms with E-state index < -0.39 is 16.9 Å². The molecule has 0 spiro atoms. The lowest BCUT2D eigenvalue weighted by molar-refractivity contribution is -0.384. The highest BCUT2D eigenvalue weighted by Crippen LogP contribution is 2.36. The second-order valence-corrected chi connectivity index (χ2v) is 5.73. The smallest absolute Gasteiger partial charge is 0.355 e. The molecule has 0 atom stereocenters. The summed E-state index contributed by atoms with van der Waals surface area (Å²) in [5, 5.41) is 11.5. The maximum absolute atomic E-state index is 12.6. The molecule has 1 heterocycles. The molecule has 3 rings (SSSR count). The Morgan fingerprint density at radius 1 is 0.893 bits per heavy atom. The van der Waals surface area contributed by atoms with Crippen LogP contribution in [0.3, 0.4) is 0 Å². The molecule has 0 unspecified atom stereocenters. The van der Waals surface area contributed by atoms with Crippen LogP contribution in [0.2, 0.25) is 0 Å². The summed E-state index contributed by atoms with van der Waals surface area (Å²) in [5.41, 5.74) is 0.588. The molecule has 0 aliphatic heterocycles. The van der Waals surface area contributed by atoms with Crippen LogP contribution in [-0.4, -0.2) is 35.6 Å². The van der Waals surface area contributed by atoms with Crippen molar-refractivity contribution in [1.82, 2.24) is 4.57 Å². The number of rotatable bonds is 5.